The van der Waals surface area contributed by atoms with Crippen molar-refractivity contribution in [2.75, 3.05) is 13.7 Å². The Morgan fingerprint density at radius 1 is 1.28 bits per heavy atom. The summed E-state index contributed by atoms with van der Waals surface area (Å²) in [6.07, 6.45) is 2.12. The second kappa shape index (κ2) is 9.23. The van der Waals surface area contributed by atoms with Gasteiger partial charge in [0.2, 0.25) is 11.8 Å². The summed E-state index contributed by atoms with van der Waals surface area (Å²) in [5.74, 6) is 0.968. The van der Waals surface area contributed by atoms with E-state index in [9.17, 15) is 9.59 Å². The molecule has 0 radical (unpaired) electrons. The third-order valence-electron chi connectivity index (χ3n) is 4.70. The van der Waals surface area contributed by atoms with Gasteiger partial charge in [-0.15, -0.1) is 0 Å². The Balaban J connectivity index is 1.67. The van der Waals surface area contributed by atoms with Crippen molar-refractivity contribution in [3.05, 3.63) is 63.6 Å². The number of carbonyl (C=O) groups is 1. The van der Waals surface area contributed by atoms with Crippen molar-refractivity contribution < 1.29 is 18.7 Å². The quantitative estimate of drug-likeness (QED) is 0.588. The van der Waals surface area contributed by atoms with Crippen LogP contribution in [0.2, 0.25) is 0 Å². The Morgan fingerprint density at radius 3 is 2.86 bits per heavy atom. The zero-order chi connectivity index (χ0) is 20.8. The fourth-order valence-corrected chi connectivity index (χ4v) is 3.14. The molecule has 152 valence electrons. The number of carbonyl (C=O) groups excluding carboxylic acids is 1. The van der Waals surface area contributed by atoms with E-state index in [1.807, 2.05) is 32.0 Å². The van der Waals surface area contributed by atoms with Gasteiger partial charge in [-0.3, -0.25) is 4.79 Å². The molecule has 1 amide bonds. The SMILES string of the molecule is CCOc1ncccc1CNC(=O)CCc1c(C)c2ccc(OC)cc2oc1=O. The molecule has 0 fully saturated rings. The van der Waals surface area contributed by atoms with Crippen LogP contribution in [0.4, 0.5) is 0 Å². The van der Waals surface area contributed by atoms with Crippen molar-refractivity contribution in [2.24, 2.45) is 0 Å². The van der Waals surface area contributed by atoms with Crippen LogP contribution in [0.5, 0.6) is 11.6 Å². The molecular weight excluding hydrogens is 372 g/mol. The second-order valence-corrected chi connectivity index (χ2v) is 6.53. The van der Waals surface area contributed by atoms with Crippen molar-refractivity contribution in [2.45, 2.75) is 33.2 Å². The van der Waals surface area contributed by atoms with Crippen LogP contribution in [0.25, 0.3) is 11.0 Å². The van der Waals surface area contributed by atoms with Gasteiger partial charge in [0, 0.05) is 41.7 Å². The van der Waals surface area contributed by atoms with Crippen LogP contribution >= 0.6 is 0 Å². The predicted octanol–water partition coefficient (Wildman–Crippen LogP) is 3.15. The van der Waals surface area contributed by atoms with E-state index in [1.165, 1.54) is 0 Å². The number of aryl methyl sites for hydroxylation is 1. The number of hydrogen-bond donors (Lipinski definition) is 1. The number of rotatable bonds is 8. The molecule has 0 saturated heterocycles. The van der Waals surface area contributed by atoms with Gasteiger partial charge in [-0.2, -0.15) is 0 Å². The molecule has 1 aromatic carbocycles. The van der Waals surface area contributed by atoms with Crippen LogP contribution in [0.1, 0.15) is 30.0 Å². The van der Waals surface area contributed by atoms with E-state index in [0.29, 0.717) is 42.3 Å². The van der Waals surface area contributed by atoms with E-state index in [1.54, 1.807) is 25.4 Å². The average Bonchev–Trinajstić information content (AvgIpc) is 2.72. The minimum Gasteiger partial charge on any atom is -0.497 e. The Kier molecular flexibility index (Phi) is 6.49. The summed E-state index contributed by atoms with van der Waals surface area (Å²) >= 11 is 0. The van der Waals surface area contributed by atoms with Crippen molar-refractivity contribution in [3.63, 3.8) is 0 Å². The molecule has 0 atom stereocenters. The molecule has 0 aliphatic rings. The molecule has 0 aliphatic heterocycles. The van der Waals surface area contributed by atoms with Gasteiger partial charge in [-0.05, 0) is 44.0 Å². The summed E-state index contributed by atoms with van der Waals surface area (Å²) in [6, 6.07) is 9.00. The highest BCUT2D eigenvalue weighted by atomic mass is 16.5. The maximum Gasteiger partial charge on any atom is 0.339 e. The van der Waals surface area contributed by atoms with E-state index in [2.05, 4.69) is 10.3 Å². The number of ether oxygens (including phenoxy) is 2. The molecule has 0 bridgehead atoms. The van der Waals surface area contributed by atoms with E-state index < -0.39 is 5.63 Å². The van der Waals surface area contributed by atoms with Gasteiger partial charge < -0.3 is 19.2 Å². The Labute approximate surface area is 168 Å². The lowest BCUT2D eigenvalue weighted by molar-refractivity contribution is -0.121. The number of nitrogens with zero attached hydrogens (tertiary/aromatic N) is 1. The van der Waals surface area contributed by atoms with Crippen molar-refractivity contribution in [1.82, 2.24) is 10.3 Å². The number of aromatic nitrogens is 1. The van der Waals surface area contributed by atoms with E-state index in [-0.39, 0.29) is 12.3 Å². The lowest BCUT2D eigenvalue weighted by atomic mass is 10.0. The summed E-state index contributed by atoms with van der Waals surface area (Å²) in [5, 5.41) is 3.68. The first-order chi connectivity index (χ1) is 14.0. The van der Waals surface area contributed by atoms with Gasteiger partial charge in [0.15, 0.2) is 0 Å². The molecule has 2 heterocycles. The average molecular weight is 396 g/mol. The first-order valence-corrected chi connectivity index (χ1v) is 9.47. The molecule has 0 aliphatic carbocycles. The highest BCUT2D eigenvalue weighted by Gasteiger charge is 2.14. The monoisotopic (exact) mass is 396 g/mol. The van der Waals surface area contributed by atoms with Crippen LogP contribution in [0.3, 0.4) is 0 Å². The summed E-state index contributed by atoms with van der Waals surface area (Å²) in [5.41, 5.74) is 2.17. The van der Waals surface area contributed by atoms with Gasteiger partial charge in [0.25, 0.3) is 0 Å². The maximum atomic E-state index is 12.4. The number of fused-ring (bicyclic) bond motifs is 1. The lowest BCUT2D eigenvalue weighted by Gasteiger charge is -2.11. The number of amides is 1. The molecule has 29 heavy (non-hydrogen) atoms. The third kappa shape index (κ3) is 4.74. The summed E-state index contributed by atoms with van der Waals surface area (Å²) in [6.45, 7) is 4.56. The van der Waals surface area contributed by atoms with Crippen molar-refractivity contribution >= 4 is 16.9 Å². The summed E-state index contributed by atoms with van der Waals surface area (Å²) < 4.78 is 16.1. The smallest absolute Gasteiger partial charge is 0.339 e. The lowest BCUT2D eigenvalue weighted by Crippen LogP contribution is -2.24. The summed E-state index contributed by atoms with van der Waals surface area (Å²) in [4.78, 5) is 28.9. The number of nitrogens with one attached hydrogen (secondary N) is 1. The minimum absolute atomic E-state index is 0.162. The van der Waals surface area contributed by atoms with Crippen LogP contribution in [0, 0.1) is 6.92 Å². The van der Waals surface area contributed by atoms with Crippen molar-refractivity contribution in [1.29, 1.82) is 0 Å². The standard InChI is InChI=1S/C22H24N2O5/c1-4-28-21-15(6-5-11-23-21)13-24-20(25)10-9-18-14(2)17-8-7-16(27-3)12-19(17)29-22(18)26/h5-8,11-12H,4,9-10,13H2,1-3H3,(H,24,25). The molecule has 3 rings (SSSR count). The van der Waals surface area contributed by atoms with E-state index in [4.69, 9.17) is 13.9 Å². The number of benzene rings is 1. The highest BCUT2D eigenvalue weighted by Crippen LogP contribution is 2.24. The fraction of sp³-hybridized carbons (Fsp3) is 0.318. The van der Waals surface area contributed by atoms with Gasteiger partial charge >= 0.3 is 5.63 Å². The largest absolute Gasteiger partial charge is 0.497 e. The second-order valence-electron chi connectivity index (χ2n) is 6.53. The van der Waals surface area contributed by atoms with Crippen LogP contribution < -0.4 is 20.4 Å². The van der Waals surface area contributed by atoms with Crippen LogP contribution in [-0.4, -0.2) is 24.6 Å². The van der Waals surface area contributed by atoms with Crippen LogP contribution in [-0.2, 0) is 17.8 Å². The zero-order valence-electron chi connectivity index (χ0n) is 16.8. The van der Waals surface area contributed by atoms with Gasteiger partial charge in [-0.1, -0.05) is 6.07 Å². The highest BCUT2D eigenvalue weighted by molar-refractivity contribution is 5.82. The van der Waals surface area contributed by atoms with Gasteiger partial charge in [0.05, 0.1) is 13.7 Å². The zero-order valence-corrected chi connectivity index (χ0v) is 16.8. The Bertz CT molecular complexity index is 1070. The predicted molar refractivity (Wildman–Crippen MR) is 109 cm³/mol. The molecule has 0 unspecified atom stereocenters. The summed E-state index contributed by atoms with van der Waals surface area (Å²) in [7, 11) is 1.56. The molecule has 7 heteroatoms. The molecular formula is C22H24N2O5. The molecule has 1 N–H and O–H groups in total. The first-order valence-electron chi connectivity index (χ1n) is 9.47. The molecule has 7 nitrogen and oxygen atoms in total. The molecule has 0 spiro atoms. The molecule has 2 aromatic heterocycles. The van der Waals surface area contributed by atoms with E-state index >= 15 is 0 Å². The first kappa shape index (κ1) is 20.4. The Morgan fingerprint density at radius 2 is 2.10 bits per heavy atom. The van der Waals surface area contributed by atoms with Gasteiger partial charge in [-0.25, -0.2) is 9.78 Å². The van der Waals surface area contributed by atoms with Crippen molar-refractivity contribution in [3.8, 4) is 11.6 Å². The Hall–Kier alpha value is -3.35. The minimum atomic E-state index is -0.429. The fourth-order valence-electron chi connectivity index (χ4n) is 3.14. The topological polar surface area (TPSA) is 90.7 Å². The van der Waals surface area contributed by atoms with Crippen LogP contribution in [0.15, 0.2) is 45.7 Å². The number of pyridine rings is 1. The third-order valence-corrected chi connectivity index (χ3v) is 4.70. The number of hydrogen-bond acceptors (Lipinski definition) is 6. The molecule has 3 aromatic rings. The molecule has 0 saturated carbocycles. The van der Waals surface area contributed by atoms with Gasteiger partial charge in [0.1, 0.15) is 11.3 Å². The normalized spacial score (nSPS) is 10.7. The van der Waals surface area contributed by atoms with E-state index in [0.717, 1.165) is 16.5 Å². The maximum absolute atomic E-state index is 12.4. The number of methoxy groups -OCH3 is 1.